The van der Waals surface area contributed by atoms with Crippen LogP contribution in [0.3, 0.4) is 0 Å². The van der Waals surface area contributed by atoms with Crippen LogP contribution in [0.15, 0.2) is 30.3 Å². The fourth-order valence-electron chi connectivity index (χ4n) is 2.70. The van der Waals surface area contributed by atoms with Gasteiger partial charge in [-0.25, -0.2) is 0 Å². The molecular formula is C16H22N2O3. The molecule has 0 spiro atoms. The van der Waals surface area contributed by atoms with Crippen molar-refractivity contribution < 1.29 is 14.7 Å². The average molecular weight is 290 g/mol. The maximum atomic E-state index is 12.4. The second-order valence-corrected chi connectivity index (χ2v) is 5.46. The lowest BCUT2D eigenvalue weighted by molar-refractivity contribution is -0.136. The Bertz CT molecular complexity index is 470. The van der Waals surface area contributed by atoms with Crippen molar-refractivity contribution in [3.05, 3.63) is 30.3 Å². The molecule has 0 aromatic heterocycles. The molecule has 5 nitrogen and oxygen atoms in total. The number of anilines is 1. The average Bonchev–Trinajstić information content (AvgIpc) is 2.52. The quantitative estimate of drug-likeness (QED) is 0.839. The minimum atomic E-state index is -0.994. The zero-order valence-corrected chi connectivity index (χ0v) is 12.1. The molecule has 0 saturated carbocycles. The third-order valence-electron chi connectivity index (χ3n) is 3.83. The minimum absolute atomic E-state index is 0.117. The number of nitrogens with one attached hydrogen (secondary N) is 1. The molecule has 1 aliphatic heterocycles. The molecule has 1 amide bonds. The molecule has 2 N–H and O–H groups in total. The van der Waals surface area contributed by atoms with Gasteiger partial charge in [-0.05, 0) is 50.4 Å². The van der Waals surface area contributed by atoms with Gasteiger partial charge >= 0.3 is 5.97 Å². The first-order valence-electron chi connectivity index (χ1n) is 7.44. The van der Waals surface area contributed by atoms with Crippen LogP contribution in [-0.2, 0) is 9.59 Å². The van der Waals surface area contributed by atoms with Gasteiger partial charge in [0.05, 0.1) is 0 Å². The number of benzene rings is 1. The van der Waals surface area contributed by atoms with E-state index in [1.807, 2.05) is 18.2 Å². The van der Waals surface area contributed by atoms with Gasteiger partial charge in [0.1, 0.15) is 6.54 Å². The van der Waals surface area contributed by atoms with Crippen LogP contribution in [0.1, 0.15) is 25.7 Å². The maximum absolute atomic E-state index is 12.4. The molecule has 0 aliphatic carbocycles. The first-order valence-corrected chi connectivity index (χ1v) is 7.44. The zero-order valence-electron chi connectivity index (χ0n) is 12.1. The van der Waals surface area contributed by atoms with Gasteiger partial charge in [-0.3, -0.25) is 9.59 Å². The number of carbonyl (C=O) groups is 2. The molecule has 1 aromatic carbocycles. The predicted octanol–water partition coefficient (Wildman–Crippen LogP) is 1.88. The van der Waals surface area contributed by atoms with Gasteiger partial charge in [0.25, 0.3) is 0 Å². The minimum Gasteiger partial charge on any atom is -0.480 e. The van der Waals surface area contributed by atoms with Crippen molar-refractivity contribution in [2.45, 2.75) is 25.7 Å². The Labute approximate surface area is 125 Å². The Morgan fingerprint density at radius 2 is 2.05 bits per heavy atom. The molecule has 0 radical (unpaired) electrons. The molecule has 114 valence electrons. The van der Waals surface area contributed by atoms with Gasteiger partial charge in [-0.2, -0.15) is 0 Å². The molecular weight excluding hydrogens is 268 g/mol. The van der Waals surface area contributed by atoms with Crippen LogP contribution in [-0.4, -0.2) is 36.6 Å². The molecule has 1 saturated heterocycles. The zero-order chi connectivity index (χ0) is 15.1. The third kappa shape index (κ3) is 4.86. The van der Waals surface area contributed by atoms with Crippen LogP contribution >= 0.6 is 0 Å². The molecule has 21 heavy (non-hydrogen) atoms. The number of rotatable bonds is 6. The van der Waals surface area contributed by atoms with E-state index in [0.717, 1.165) is 32.4 Å². The molecule has 1 heterocycles. The Morgan fingerprint density at radius 1 is 1.29 bits per heavy atom. The second kappa shape index (κ2) is 7.78. The van der Waals surface area contributed by atoms with Crippen LogP contribution in [0.25, 0.3) is 0 Å². The number of para-hydroxylation sites is 1. The number of hydrogen-bond acceptors (Lipinski definition) is 3. The van der Waals surface area contributed by atoms with Crippen molar-refractivity contribution in [1.29, 1.82) is 0 Å². The fourth-order valence-corrected chi connectivity index (χ4v) is 2.70. The van der Waals surface area contributed by atoms with Crippen LogP contribution in [0.4, 0.5) is 5.69 Å². The van der Waals surface area contributed by atoms with Crippen molar-refractivity contribution >= 4 is 17.6 Å². The number of carboxylic acids is 1. The number of carboxylic acid groups (broad SMARTS) is 1. The van der Waals surface area contributed by atoms with E-state index in [4.69, 9.17) is 5.11 Å². The lowest BCUT2D eigenvalue weighted by Crippen LogP contribution is -2.36. The van der Waals surface area contributed by atoms with Gasteiger partial charge in [-0.1, -0.05) is 18.2 Å². The molecule has 5 heteroatoms. The van der Waals surface area contributed by atoms with Crippen molar-refractivity contribution in [3.8, 4) is 0 Å². The summed E-state index contributed by atoms with van der Waals surface area (Å²) in [6.45, 7) is 1.73. The Kier molecular flexibility index (Phi) is 5.75. The van der Waals surface area contributed by atoms with E-state index in [1.165, 1.54) is 4.90 Å². The maximum Gasteiger partial charge on any atom is 0.323 e. The highest BCUT2D eigenvalue weighted by Gasteiger charge is 2.20. The molecule has 1 aromatic rings. The standard InChI is InChI=1S/C16H22N2O3/c19-15(9-8-13-5-4-10-17-11-13)18(12-16(20)21)14-6-2-1-3-7-14/h1-3,6-7,13,17H,4-5,8-12H2,(H,20,21). The number of piperidine rings is 1. The highest BCUT2D eigenvalue weighted by molar-refractivity contribution is 5.97. The second-order valence-electron chi connectivity index (χ2n) is 5.46. The Hall–Kier alpha value is -1.88. The Morgan fingerprint density at radius 3 is 2.67 bits per heavy atom. The molecule has 1 aliphatic rings. The van der Waals surface area contributed by atoms with Crippen LogP contribution in [0, 0.1) is 5.92 Å². The van der Waals surface area contributed by atoms with Gasteiger partial charge in [0.15, 0.2) is 0 Å². The summed E-state index contributed by atoms with van der Waals surface area (Å²) in [4.78, 5) is 24.7. The van der Waals surface area contributed by atoms with Gasteiger partial charge in [-0.15, -0.1) is 0 Å². The SMILES string of the molecule is O=C(O)CN(C(=O)CCC1CCCNC1)c1ccccc1. The van der Waals surface area contributed by atoms with Crippen molar-refractivity contribution in [1.82, 2.24) is 5.32 Å². The highest BCUT2D eigenvalue weighted by atomic mass is 16.4. The summed E-state index contributed by atoms with van der Waals surface area (Å²) in [6.07, 6.45) is 3.50. The topological polar surface area (TPSA) is 69.6 Å². The summed E-state index contributed by atoms with van der Waals surface area (Å²) in [5.74, 6) is -0.592. The monoisotopic (exact) mass is 290 g/mol. The van der Waals surface area contributed by atoms with E-state index in [1.54, 1.807) is 12.1 Å². The molecule has 1 atom stereocenters. The lowest BCUT2D eigenvalue weighted by Gasteiger charge is -2.25. The number of amides is 1. The largest absolute Gasteiger partial charge is 0.480 e. The van der Waals surface area contributed by atoms with Crippen molar-refractivity contribution in [2.24, 2.45) is 5.92 Å². The normalized spacial score (nSPS) is 18.2. The van der Waals surface area contributed by atoms with Crippen molar-refractivity contribution in [3.63, 3.8) is 0 Å². The molecule has 0 bridgehead atoms. The summed E-state index contributed by atoms with van der Waals surface area (Å²) in [7, 11) is 0. The predicted molar refractivity (Wildman–Crippen MR) is 81.3 cm³/mol. The summed E-state index contributed by atoms with van der Waals surface area (Å²) < 4.78 is 0. The van der Waals surface area contributed by atoms with E-state index in [2.05, 4.69) is 5.32 Å². The van der Waals surface area contributed by atoms with Crippen LogP contribution < -0.4 is 10.2 Å². The smallest absolute Gasteiger partial charge is 0.323 e. The van der Waals surface area contributed by atoms with E-state index in [9.17, 15) is 9.59 Å². The first-order chi connectivity index (χ1) is 10.2. The summed E-state index contributed by atoms with van der Waals surface area (Å²) >= 11 is 0. The van der Waals surface area contributed by atoms with E-state index < -0.39 is 5.97 Å². The van der Waals surface area contributed by atoms with Gasteiger partial charge in [0, 0.05) is 12.1 Å². The van der Waals surface area contributed by atoms with Gasteiger partial charge < -0.3 is 15.3 Å². The molecule has 1 fully saturated rings. The number of hydrogen-bond donors (Lipinski definition) is 2. The van der Waals surface area contributed by atoms with E-state index >= 15 is 0 Å². The fraction of sp³-hybridized carbons (Fsp3) is 0.500. The molecule has 1 unspecified atom stereocenters. The summed E-state index contributed by atoms with van der Waals surface area (Å²) in [5.41, 5.74) is 0.645. The van der Waals surface area contributed by atoms with Gasteiger partial charge in [0.2, 0.25) is 5.91 Å². The van der Waals surface area contributed by atoms with E-state index in [-0.39, 0.29) is 12.5 Å². The highest BCUT2D eigenvalue weighted by Crippen LogP contribution is 2.19. The summed E-state index contributed by atoms with van der Waals surface area (Å²) in [6, 6.07) is 9.00. The summed E-state index contributed by atoms with van der Waals surface area (Å²) in [5, 5.41) is 12.3. The third-order valence-corrected chi connectivity index (χ3v) is 3.83. The Balaban J connectivity index is 1.95. The lowest BCUT2D eigenvalue weighted by atomic mass is 9.94. The first kappa shape index (κ1) is 15.5. The van der Waals surface area contributed by atoms with Crippen molar-refractivity contribution in [2.75, 3.05) is 24.5 Å². The number of nitrogens with zero attached hydrogens (tertiary/aromatic N) is 1. The molecule has 2 rings (SSSR count). The van der Waals surface area contributed by atoms with E-state index in [0.29, 0.717) is 18.0 Å². The number of aliphatic carboxylic acids is 1. The number of carbonyl (C=O) groups excluding carboxylic acids is 1. The van der Waals surface area contributed by atoms with Crippen LogP contribution in [0.5, 0.6) is 0 Å². The van der Waals surface area contributed by atoms with Crippen LogP contribution in [0.2, 0.25) is 0 Å².